The number of rotatable bonds is 5. The average molecular weight is 415 g/mol. The molecule has 1 saturated carbocycles. The molecule has 1 amide bonds. The molecule has 7 nitrogen and oxygen atoms in total. The summed E-state index contributed by atoms with van der Waals surface area (Å²) in [4.78, 5) is 31.7. The Balaban J connectivity index is 1.55. The summed E-state index contributed by atoms with van der Waals surface area (Å²) < 4.78 is 7.04. The lowest BCUT2D eigenvalue weighted by molar-refractivity contribution is -0.122. The van der Waals surface area contributed by atoms with Crippen LogP contribution in [0.3, 0.4) is 0 Å². The maximum Gasteiger partial charge on any atom is 0.278 e. The van der Waals surface area contributed by atoms with E-state index in [0.29, 0.717) is 21.6 Å². The minimum Gasteiger partial charge on any atom is -0.497 e. The van der Waals surface area contributed by atoms with Crippen LogP contribution in [0.25, 0.3) is 21.9 Å². The van der Waals surface area contributed by atoms with Gasteiger partial charge in [0.15, 0.2) is 4.77 Å². The Bertz CT molecular complexity index is 1170. The molecule has 1 aromatic carbocycles. The van der Waals surface area contributed by atoms with Crippen molar-refractivity contribution in [2.45, 2.75) is 51.6 Å². The van der Waals surface area contributed by atoms with Gasteiger partial charge in [-0.3, -0.25) is 14.2 Å². The van der Waals surface area contributed by atoms with Crippen LogP contribution in [-0.2, 0) is 11.3 Å². The Morgan fingerprint density at radius 3 is 2.72 bits per heavy atom. The van der Waals surface area contributed by atoms with E-state index in [0.717, 1.165) is 42.5 Å². The number of hydrogen-bond acceptors (Lipinski definition) is 4. The number of methoxy groups -OCH3 is 1. The fourth-order valence-electron chi connectivity index (χ4n) is 4.11. The van der Waals surface area contributed by atoms with Crippen LogP contribution in [0, 0.1) is 10.7 Å². The summed E-state index contributed by atoms with van der Waals surface area (Å²) in [7, 11) is 1.60. The highest BCUT2D eigenvalue weighted by Gasteiger charge is 2.20. The van der Waals surface area contributed by atoms with Crippen molar-refractivity contribution < 1.29 is 9.53 Å². The molecule has 154 valence electrons. The van der Waals surface area contributed by atoms with Crippen LogP contribution in [0.5, 0.6) is 5.75 Å². The minimum absolute atomic E-state index is 0.0349. The minimum atomic E-state index is -0.224. The topological polar surface area (TPSA) is 91.9 Å². The standard InChI is InChI=1S/C21H26N4O3S/c1-12-3-5-13(6-4-12)22-17(26)9-10-25-20(27)19-18(24-21(25)29)15-11-14(28-2)7-8-16(15)23-19/h7-8,11-13,23H,3-6,9-10H2,1-2H3,(H,22,26)(H,24,29). The second-order valence-electron chi connectivity index (χ2n) is 7.95. The Morgan fingerprint density at radius 2 is 2.00 bits per heavy atom. The number of amides is 1. The highest BCUT2D eigenvalue weighted by atomic mass is 32.1. The Kier molecular flexibility index (Phi) is 5.45. The monoisotopic (exact) mass is 414 g/mol. The summed E-state index contributed by atoms with van der Waals surface area (Å²) in [6, 6.07) is 5.81. The van der Waals surface area contributed by atoms with Gasteiger partial charge in [-0.05, 0) is 62.0 Å². The molecule has 1 aliphatic carbocycles. The molecule has 29 heavy (non-hydrogen) atoms. The number of aromatic nitrogens is 3. The predicted octanol–water partition coefficient (Wildman–Crippen LogP) is 3.63. The zero-order chi connectivity index (χ0) is 20.5. The van der Waals surface area contributed by atoms with Gasteiger partial charge in [-0.1, -0.05) is 6.92 Å². The number of benzene rings is 1. The maximum absolute atomic E-state index is 13.0. The first-order chi connectivity index (χ1) is 14.0. The summed E-state index contributed by atoms with van der Waals surface area (Å²) >= 11 is 5.41. The van der Waals surface area contributed by atoms with Gasteiger partial charge in [0.05, 0.1) is 12.6 Å². The smallest absolute Gasteiger partial charge is 0.278 e. The molecule has 0 atom stereocenters. The summed E-state index contributed by atoms with van der Waals surface area (Å²) in [5.74, 6) is 1.41. The van der Waals surface area contributed by atoms with Crippen molar-refractivity contribution in [1.29, 1.82) is 0 Å². The number of nitrogens with one attached hydrogen (secondary N) is 3. The molecule has 3 N–H and O–H groups in total. The molecule has 0 spiro atoms. The van der Waals surface area contributed by atoms with E-state index in [-0.39, 0.29) is 30.5 Å². The first-order valence-corrected chi connectivity index (χ1v) is 10.5. The summed E-state index contributed by atoms with van der Waals surface area (Å²) in [5.41, 5.74) is 1.71. The molecule has 0 saturated heterocycles. The molecule has 1 fully saturated rings. The summed E-state index contributed by atoms with van der Waals surface area (Å²) in [6.07, 6.45) is 4.58. The molecular formula is C21H26N4O3S. The molecule has 8 heteroatoms. The van der Waals surface area contributed by atoms with Crippen LogP contribution < -0.4 is 15.6 Å². The van der Waals surface area contributed by atoms with E-state index in [4.69, 9.17) is 17.0 Å². The largest absolute Gasteiger partial charge is 0.497 e. The predicted molar refractivity (Wildman–Crippen MR) is 116 cm³/mol. The molecule has 0 aliphatic heterocycles. The van der Waals surface area contributed by atoms with Crippen LogP contribution >= 0.6 is 12.2 Å². The van der Waals surface area contributed by atoms with Crippen LogP contribution in [0.4, 0.5) is 0 Å². The highest BCUT2D eigenvalue weighted by Crippen LogP contribution is 2.26. The van der Waals surface area contributed by atoms with Gasteiger partial charge in [0.25, 0.3) is 5.56 Å². The van der Waals surface area contributed by atoms with Crippen LogP contribution in [0.1, 0.15) is 39.0 Å². The Hall–Kier alpha value is -2.61. The number of H-pyrrole nitrogens is 2. The zero-order valence-electron chi connectivity index (χ0n) is 16.7. The van der Waals surface area contributed by atoms with Crippen molar-refractivity contribution >= 4 is 40.1 Å². The van der Waals surface area contributed by atoms with Crippen molar-refractivity contribution in [3.63, 3.8) is 0 Å². The quantitative estimate of drug-likeness (QED) is 0.556. The second kappa shape index (κ2) is 8.02. The van der Waals surface area contributed by atoms with Crippen LogP contribution in [0.2, 0.25) is 0 Å². The van der Waals surface area contributed by atoms with Crippen molar-refractivity contribution in [2.24, 2.45) is 5.92 Å². The molecule has 0 unspecified atom stereocenters. The third-order valence-electron chi connectivity index (χ3n) is 5.89. The molecule has 2 heterocycles. The van der Waals surface area contributed by atoms with E-state index in [9.17, 15) is 9.59 Å². The van der Waals surface area contributed by atoms with Crippen molar-refractivity contribution in [1.82, 2.24) is 19.9 Å². The summed E-state index contributed by atoms with van der Waals surface area (Å²) in [6.45, 7) is 2.50. The fraction of sp³-hybridized carbons (Fsp3) is 0.476. The average Bonchev–Trinajstić information content (AvgIpc) is 3.07. The highest BCUT2D eigenvalue weighted by molar-refractivity contribution is 7.71. The third kappa shape index (κ3) is 3.94. The van der Waals surface area contributed by atoms with Crippen LogP contribution in [-0.4, -0.2) is 33.6 Å². The van der Waals surface area contributed by atoms with E-state index >= 15 is 0 Å². The number of hydrogen-bond donors (Lipinski definition) is 3. The van der Waals surface area contributed by atoms with Gasteiger partial charge >= 0.3 is 0 Å². The normalized spacial score (nSPS) is 19.5. The van der Waals surface area contributed by atoms with Gasteiger partial charge in [0.2, 0.25) is 5.91 Å². The molecule has 3 aromatic rings. The number of carbonyl (C=O) groups excluding carboxylic acids is 1. The van der Waals surface area contributed by atoms with Crippen molar-refractivity contribution in [2.75, 3.05) is 7.11 Å². The number of nitrogens with zero attached hydrogens (tertiary/aromatic N) is 1. The van der Waals surface area contributed by atoms with E-state index in [1.807, 2.05) is 18.2 Å². The molecule has 2 aromatic heterocycles. The molecular weight excluding hydrogens is 388 g/mol. The maximum atomic E-state index is 13.0. The van der Waals surface area contributed by atoms with E-state index in [2.05, 4.69) is 22.2 Å². The lowest BCUT2D eigenvalue weighted by atomic mass is 9.87. The van der Waals surface area contributed by atoms with Gasteiger partial charge in [0.1, 0.15) is 11.3 Å². The van der Waals surface area contributed by atoms with E-state index in [1.165, 1.54) is 4.57 Å². The molecule has 0 bridgehead atoms. The Morgan fingerprint density at radius 1 is 1.24 bits per heavy atom. The first-order valence-electron chi connectivity index (χ1n) is 10.1. The molecule has 0 radical (unpaired) electrons. The van der Waals surface area contributed by atoms with Gasteiger partial charge < -0.3 is 20.0 Å². The second-order valence-corrected chi connectivity index (χ2v) is 8.33. The molecule has 1 aliphatic rings. The third-order valence-corrected chi connectivity index (χ3v) is 6.21. The lowest BCUT2D eigenvalue weighted by Gasteiger charge is -2.26. The number of ether oxygens (including phenoxy) is 1. The SMILES string of the molecule is COc1ccc2[nH]c3c(=O)n(CCC(=O)NC4CCC(C)CC4)c(=S)[nH]c3c2c1. The fourth-order valence-corrected chi connectivity index (χ4v) is 4.39. The van der Waals surface area contributed by atoms with Crippen LogP contribution in [0.15, 0.2) is 23.0 Å². The van der Waals surface area contributed by atoms with Gasteiger partial charge in [0, 0.05) is 29.9 Å². The van der Waals surface area contributed by atoms with E-state index < -0.39 is 0 Å². The van der Waals surface area contributed by atoms with Crippen molar-refractivity contribution in [3.05, 3.63) is 33.3 Å². The number of fused-ring (bicyclic) bond motifs is 3. The molecule has 4 rings (SSSR count). The Labute approximate surface area is 173 Å². The van der Waals surface area contributed by atoms with E-state index in [1.54, 1.807) is 7.11 Å². The lowest BCUT2D eigenvalue weighted by Crippen LogP contribution is -2.38. The summed E-state index contributed by atoms with van der Waals surface area (Å²) in [5, 5.41) is 3.95. The van der Waals surface area contributed by atoms with Gasteiger partial charge in [-0.15, -0.1) is 0 Å². The zero-order valence-corrected chi connectivity index (χ0v) is 17.5. The van der Waals surface area contributed by atoms with Gasteiger partial charge in [-0.2, -0.15) is 0 Å². The first kappa shape index (κ1) is 19.7. The van der Waals surface area contributed by atoms with Crippen molar-refractivity contribution in [3.8, 4) is 5.75 Å². The number of aromatic amines is 2. The number of carbonyl (C=O) groups is 1. The van der Waals surface area contributed by atoms with Gasteiger partial charge in [-0.25, -0.2) is 0 Å².